The van der Waals surface area contributed by atoms with Crippen molar-refractivity contribution in [2.45, 2.75) is 5.41 Å². The standard InChI is InChI=1S/C70H41N3O2/c1-2-15-42(16-3-1)45-17-12-18-48(39-45)67-71-68(53-23-13-29-63-65(53)52-22-7-11-28-61(52)74-63)73-69(72-67)54-24-14-30-64-66(54)56-41-47(36-38-62(56)75-64)44-33-31-43(32-34-44)46-35-37-60-55(40-46)51-21-6-10-27-59(51)70(60)57-25-8-4-19-49(57)50-20-5-9-26-58(50)70/h1-41H. The van der Waals surface area contributed by atoms with Crippen LogP contribution in [0.25, 0.3) is 134 Å². The van der Waals surface area contributed by atoms with Crippen LogP contribution in [0.3, 0.4) is 0 Å². The molecule has 2 aliphatic rings. The minimum absolute atomic E-state index is 0.357. The maximum Gasteiger partial charge on any atom is 0.164 e. The summed E-state index contributed by atoms with van der Waals surface area (Å²) in [4.78, 5) is 15.9. The summed E-state index contributed by atoms with van der Waals surface area (Å²) in [6.45, 7) is 0. The van der Waals surface area contributed by atoms with E-state index in [-0.39, 0.29) is 5.41 Å². The highest BCUT2D eigenvalue weighted by Crippen LogP contribution is 2.63. The highest BCUT2D eigenvalue weighted by molar-refractivity contribution is 6.14. The Hall–Kier alpha value is -9.97. The van der Waals surface area contributed by atoms with Gasteiger partial charge in [-0.15, -0.1) is 0 Å². The average Bonchev–Trinajstić information content (AvgIpc) is 4.29. The predicted molar refractivity (Wildman–Crippen MR) is 303 cm³/mol. The smallest absolute Gasteiger partial charge is 0.164 e. The van der Waals surface area contributed by atoms with Gasteiger partial charge in [0.1, 0.15) is 22.3 Å². The first-order valence-corrected chi connectivity index (χ1v) is 25.5. The molecule has 0 saturated heterocycles. The van der Waals surface area contributed by atoms with Crippen LogP contribution in [0.15, 0.2) is 258 Å². The lowest BCUT2D eigenvalue weighted by Gasteiger charge is -2.30. The number of hydrogen-bond donors (Lipinski definition) is 0. The topological polar surface area (TPSA) is 65.0 Å². The molecule has 0 fully saturated rings. The molecule has 0 amide bonds. The van der Waals surface area contributed by atoms with Crippen LogP contribution in [0.4, 0.5) is 0 Å². The van der Waals surface area contributed by atoms with E-state index >= 15 is 0 Å². The van der Waals surface area contributed by atoms with E-state index in [0.29, 0.717) is 17.5 Å². The maximum atomic E-state index is 6.62. The van der Waals surface area contributed by atoms with Crippen LogP contribution in [0.1, 0.15) is 22.3 Å². The molecule has 0 radical (unpaired) electrons. The van der Waals surface area contributed by atoms with Gasteiger partial charge in [0.15, 0.2) is 17.5 Å². The molecule has 75 heavy (non-hydrogen) atoms. The van der Waals surface area contributed by atoms with Crippen molar-refractivity contribution in [2.24, 2.45) is 0 Å². The molecular weight excluding hydrogens is 915 g/mol. The third-order valence-corrected chi connectivity index (χ3v) is 15.8. The number of benzene rings is 11. The Labute approximate surface area is 431 Å². The first-order valence-electron chi connectivity index (χ1n) is 25.5. The van der Waals surface area contributed by atoms with Gasteiger partial charge < -0.3 is 8.83 Å². The molecule has 0 aliphatic heterocycles. The van der Waals surface area contributed by atoms with Crippen molar-refractivity contribution in [3.05, 3.63) is 271 Å². The number of nitrogens with zero attached hydrogens (tertiary/aromatic N) is 3. The second-order valence-electron chi connectivity index (χ2n) is 19.7. The Morgan fingerprint density at radius 3 is 1.32 bits per heavy atom. The fraction of sp³-hybridized carbons (Fsp3) is 0.0143. The molecular formula is C70H41N3O2. The second kappa shape index (κ2) is 16.0. The van der Waals surface area contributed by atoms with Crippen molar-refractivity contribution < 1.29 is 8.83 Å². The fourth-order valence-electron chi connectivity index (χ4n) is 12.5. The molecule has 0 unspecified atom stereocenters. The summed E-state index contributed by atoms with van der Waals surface area (Å²) in [5.41, 5.74) is 22.8. The SMILES string of the molecule is c1ccc(-c2cccc(-c3nc(-c4cccc5oc6ccccc6c45)nc(-c4cccc5oc6ccc(-c7ccc(-c8ccc9c(c8)-c8ccccc8C98c9ccccc9-c9ccccc98)cc7)cc6c45)n3)c2)cc1. The van der Waals surface area contributed by atoms with Crippen LogP contribution < -0.4 is 0 Å². The zero-order valence-corrected chi connectivity index (χ0v) is 40.3. The van der Waals surface area contributed by atoms with E-state index in [4.69, 9.17) is 23.8 Å². The Bertz CT molecular complexity index is 4620. The van der Waals surface area contributed by atoms with Gasteiger partial charge in [-0.05, 0) is 120 Å². The number of furan rings is 2. The van der Waals surface area contributed by atoms with Gasteiger partial charge in [0.05, 0.1) is 5.41 Å². The molecule has 0 bridgehead atoms. The van der Waals surface area contributed by atoms with Crippen LogP contribution >= 0.6 is 0 Å². The summed E-state index contributed by atoms with van der Waals surface area (Å²) < 4.78 is 13.0. The lowest BCUT2D eigenvalue weighted by atomic mass is 9.70. The molecule has 2 aliphatic carbocycles. The van der Waals surface area contributed by atoms with Gasteiger partial charge >= 0.3 is 0 Å². The van der Waals surface area contributed by atoms with Crippen molar-refractivity contribution >= 4 is 43.9 Å². The van der Waals surface area contributed by atoms with E-state index in [9.17, 15) is 0 Å². The molecule has 5 heteroatoms. The van der Waals surface area contributed by atoms with Crippen LogP contribution in [-0.4, -0.2) is 15.0 Å². The zero-order valence-electron chi connectivity index (χ0n) is 40.3. The molecule has 11 aromatic carbocycles. The second-order valence-corrected chi connectivity index (χ2v) is 19.7. The maximum absolute atomic E-state index is 6.62. The molecule has 5 nitrogen and oxygen atoms in total. The van der Waals surface area contributed by atoms with Crippen molar-refractivity contribution in [2.75, 3.05) is 0 Å². The van der Waals surface area contributed by atoms with Gasteiger partial charge in [-0.1, -0.05) is 206 Å². The van der Waals surface area contributed by atoms with Crippen molar-refractivity contribution in [3.8, 4) is 89.8 Å². The molecule has 0 saturated carbocycles. The van der Waals surface area contributed by atoms with Gasteiger partial charge in [-0.2, -0.15) is 0 Å². The highest BCUT2D eigenvalue weighted by Gasteiger charge is 2.51. The van der Waals surface area contributed by atoms with E-state index in [1.807, 2.05) is 48.5 Å². The molecule has 0 atom stereocenters. The van der Waals surface area contributed by atoms with Gasteiger partial charge in [0.25, 0.3) is 0 Å². The van der Waals surface area contributed by atoms with E-state index < -0.39 is 0 Å². The largest absolute Gasteiger partial charge is 0.456 e. The number of rotatable bonds is 6. The van der Waals surface area contributed by atoms with Crippen LogP contribution in [0.5, 0.6) is 0 Å². The lowest BCUT2D eigenvalue weighted by Crippen LogP contribution is -2.25. The monoisotopic (exact) mass is 955 g/mol. The van der Waals surface area contributed by atoms with Gasteiger partial charge in [0, 0.05) is 38.2 Å². The third kappa shape index (κ3) is 6.16. The average molecular weight is 956 g/mol. The zero-order chi connectivity index (χ0) is 49.2. The lowest BCUT2D eigenvalue weighted by molar-refractivity contribution is 0.668. The van der Waals surface area contributed by atoms with Crippen LogP contribution in [-0.2, 0) is 5.41 Å². The van der Waals surface area contributed by atoms with Crippen LogP contribution in [0, 0.1) is 0 Å². The summed E-state index contributed by atoms with van der Waals surface area (Å²) in [6, 6.07) is 88.7. The number of fused-ring (bicyclic) bond motifs is 16. The van der Waals surface area contributed by atoms with Gasteiger partial charge in [-0.25, -0.2) is 15.0 Å². The fourth-order valence-corrected chi connectivity index (χ4v) is 12.5. The first-order chi connectivity index (χ1) is 37.2. The van der Waals surface area contributed by atoms with Crippen LogP contribution in [0.2, 0.25) is 0 Å². The minimum atomic E-state index is -0.357. The van der Waals surface area contributed by atoms with Crippen molar-refractivity contribution in [1.82, 2.24) is 15.0 Å². The molecule has 3 heterocycles. The molecule has 1 spiro atoms. The quantitative estimate of drug-likeness (QED) is 0.166. The number of para-hydroxylation sites is 1. The number of hydrogen-bond acceptors (Lipinski definition) is 5. The normalized spacial score (nSPS) is 12.9. The van der Waals surface area contributed by atoms with E-state index in [2.05, 4.69) is 200 Å². The minimum Gasteiger partial charge on any atom is -0.456 e. The van der Waals surface area contributed by atoms with Gasteiger partial charge in [-0.3, -0.25) is 0 Å². The van der Waals surface area contributed by atoms with E-state index in [1.54, 1.807) is 0 Å². The Balaban J connectivity index is 0.807. The predicted octanol–water partition coefficient (Wildman–Crippen LogP) is 18.0. The van der Waals surface area contributed by atoms with E-state index in [1.165, 1.54) is 55.6 Å². The molecule has 348 valence electrons. The summed E-state index contributed by atoms with van der Waals surface area (Å²) in [7, 11) is 0. The first kappa shape index (κ1) is 41.6. The Morgan fingerprint density at radius 1 is 0.240 bits per heavy atom. The van der Waals surface area contributed by atoms with Gasteiger partial charge in [0.2, 0.25) is 0 Å². The van der Waals surface area contributed by atoms with Crippen molar-refractivity contribution in [3.63, 3.8) is 0 Å². The molecule has 16 rings (SSSR count). The Kier molecular flexibility index (Phi) is 8.89. The van der Waals surface area contributed by atoms with E-state index in [0.717, 1.165) is 82.8 Å². The molecule has 14 aromatic rings. The summed E-state index contributed by atoms with van der Waals surface area (Å²) in [5.74, 6) is 1.69. The highest BCUT2D eigenvalue weighted by atomic mass is 16.3. The number of aromatic nitrogens is 3. The van der Waals surface area contributed by atoms with Crippen molar-refractivity contribution in [1.29, 1.82) is 0 Å². The Morgan fingerprint density at radius 2 is 0.653 bits per heavy atom. The summed E-state index contributed by atoms with van der Waals surface area (Å²) in [6.07, 6.45) is 0. The molecule has 3 aromatic heterocycles. The molecule has 0 N–H and O–H groups in total. The summed E-state index contributed by atoms with van der Waals surface area (Å²) >= 11 is 0. The summed E-state index contributed by atoms with van der Waals surface area (Å²) in [5, 5.41) is 3.91. The third-order valence-electron chi connectivity index (χ3n) is 15.8.